The highest BCUT2D eigenvalue weighted by molar-refractivity contribution is 6.43. The Balaban J connectivity index is 1.33. The summed E-state index contributed by atoms with van der Waals surface area (Å²) in [5.41, 5.74) is 7.34. The van der Waals surface area contributed by atoms with Gasteiger partial charge >= 0.3 is 0 Å². The number of hydrazine groups is 1. The second kappa shape index (κ2) is 8.29. The molecule has 1 aromatic carbocycles. The van der Waals surface area contributed by atoms with Gasteiger partial charge in [-0.1, -0.05) is 25.0 Å². The first-order valence-electron chi connectivity index (χ1n) is 12.5. The smallest absolute Gasteiger partial charge is 0.272 e. The molecule has 4 aliphatic heterocycles. The predicted molar refractivity (Wildman–Crippen MR) is 129 cm³/mol. The quantitative estimate of drug-likeness (QED) is 0.697. The second-order valence-electron chi connectivity index (χ2n) is 10.2. The number of nitrogens with one attached hydrogen (secondary N) is 1. The maximum atomic E-state index is 15.5. The van der Waals surface area contributed by atoms with Crippen LogP contribution in [0.2, 0.25) is 0 Å². The first kappa shape index (κ1) is 21.4. The highest BCUT2D eigenvalue weighted by Crippen LogP contribution is 2.44. The molecule has 1 saturated heterocycles. The van der Waals surface area contributed by atoms with Crippen molar-refractivity contribution in [2.24, 2.45) is 10.9 Å². The van der Waals surface area contributed by atoms with Gasteiger partial charge in [0.2, 0.25) is 0 Å². The molecule has 2 atom stereocenters. The number of amides is 1. The van der Waals surface area contributed by atoms with Gasteiger partial charge in [0.25, 0.3) is 5.91 Å². The molecule has 4 heterocycles. The van der Waals surface area contributed by atoms with E-state index in [9.17, 15) is 4.79 Å². The Morgan fingerprint density at radius 1 is 1.18 bits per heavy atom. The third kappa shape index (κ3) is 3.71. The zero-order chi connectivity index (χ0) is 23.4. The van der Waals surface area contributed by atoms with Crippen LogP contribution in [0, 0.1) is 11.7 Å². The van der Waals surface area contributed by atoms with Gasteiger partial charge in [-0.3, -0.25) is 15.2 Å². The van der Waals surface area contributed by atoms with Crippen molar-refractivity contribution in [2.45, 2.75) is 64.5 Å². The van der Waals surface area contributed by atoms with Gasteiger partial charge in [-0.15, -0.1) is 0 Å². The minimum absolute atomic E-state index is 0.00364. The van der Waals surface area contributed by atoms with Crippen LogP contribution in [0.3, 0.4) is 0 Å². The summed E-state index contributed by atoms with van der Waals surface area (Å²) >= 11 is 0. The van der Waals surface area contributed by atoms with E-state index < -0.39 is 0 Å². The van der Waals surface area contributed by atoms with Crippen LogP contribution in [0.1, 0.15) is 69.5 Å². The molecular weight excluding hydrogens is 431 g/mol. The summed E-state index contributed by atoms with van der Waals surface area (Å²) in [6.07, 6.45) is 12.4. The Kier molecular flexibility index (Phi) is 5.23. The number of halogens is 1. The molecule has 6 nitrogen and oxygen atoms in total. The number of nitrogens with zero attached hydrogens (tertiary/aromatic N) is 3. The molecule has 0 aromatic heterocycles. The van der Waals surface area contributed by atoms with Crippen molar-refractivity contribution >= 4 is 17.7 Å². The fraction of sp³-hybridized carbons (Fsp3) is 0.481. The van der Waals surface area contributed by atoms with Crippen molar-refractivity contribution < 1.29 is 13.9 Å². The summed E-state index contributed by atoms with van der Waals surface area (Å²) < 4.78 is 21.2. The average molecular weight is 463 g/mol. The number of aliphatic imine (C=N–C) groups is 1. The van der Waals surface area contributed by atoms with Crippen LogP contribution in [0.5, 0.6) is 5.75 Å². The summed E-state index contributed by atoms with van der Waals surface area (Å²) in [7, 11) is 0. The third-order valence-corrected chi connectivity index (χ3v) is 7.48. The van der Waals surface area contributed by atoms with Crippen LogP contribution >= 0.6 is 0 Å². The van der Waals surface area contributed by atoms with E-state index >= 15 is 4.39 Å². The van der Waals surface area contributed by atoms with Gasteiger partial charge in [-0.2, -0.15) is 0 Å². The molecule has 178 valence electrons. The number of carbonyl (C=O) groups is 1. The Hall–Kier alpha value is -3.09. The van der Waals surface area contributed by atoms with E-state index in [0.717, 1.165) is 61.9 Å². The number of likely N-dealkylation sites (tertiary alicyclic amines) is 1. The monoisotopic (exact) mass is 462 g/mol. The SMILES string of the molecule is CC1=Cc2ccc(C3C=C4N=C(C(=O)N5CCCCCC5C)C=C(C5CC5)NN43)c(F)c2OC1. The van der Waals surface area contributed by atoms with E-state index in [-0.39, 0.29) is 23.8 Å². The summed E-state index contributed by atoms with van der Waals surface area (Å²) in [6.45, 7) is 5.29. The minimum Gasteiger partial charge on any atom is -0.486 e. The van der Waals surface area contributed by atoms with Crippen molar-refractivity contribution in [1.82, 2.24) is 15.3 Å². The molecule has 1 N–H and O–H groups in total. The third-order valence-electron chi connectivity index (χ3n) is 7.48. The minimum atomic E-state index is -0.330. The summed E-state index contributed by atoms with van der Waals surface area (Å²) in [5.74, 6) is 1.04. The number of benzene rings is 1. The number of fused-ring (bicyclic) bond motifs is 2. The molecule has 1 aliphatic carbocycles. The van der Waals surface area contributed by atoms with Crippen molar-refractivity contribution in [3.8, 4) is 5.75 Å². The number of rotatable bonds is 3. The normalized spacial score (nSPS) is 26.2. The van der Waals surface area contributed by atoms with Gasteiger partial charge in [0, 0.05) is 35.3 Å². The largest absolute Gasteiger partial charge is 0.486 e. The van der Waals surface area contributed by atoms with Gasteiger partial charge in [0.05, 0.1) is 0 Å². The van der Waals surface area contributed by atoms with Crippen molar-refractivity contribution in [1.29, 1.82) is 0 Å². The first-order chi connectivity index (χ1) is 16.5. The van der Waals surface area contributed by atoms with Gasteiger partial charge in [0.15, 0.2) is 11.6 Å². The maximum Gasteiger partial charge on any atom is 0.272 e. The van der Waals surface area contributed by atoms with Gasteiger partial charge in [-0.05, 0) is 63.3 Å². The number of carbonyl (C=O) groups excluding carboxylic acids is 1. The lowest BCUT2D eigenvalue weighted by molar-refractivity contribution is -0.125. The molecule has 34 heavy (non-hydrogen) atoms. The molecule has 1 saturated carbocycles. The molecule has 7 heteroatoms. The average Bonchev–Trinajstić information content (AvgIpc) is 3.66. The molecule has 0 spiro atoms. The van der Waals surface area contributed by atoms with E-state index in [4.69, 9.17) is 9.73 Å². The maximum absolute atomic E-state index is 15.5. The van der Waals surface area contributed by atoms with Gasteiger partial charge < -0.3 is 9.64 Å². The fourth-order valence-electron chi connectivity index (χ4n) is 5.28. The predicted octanol–water partition coefficient (Wildman–Crippen LogP) is 4.86. The van der Waals surface area contributed by atoms with Crippen LogP contribution in [0.15, 0.2) is 46.4 Å². The molecule has 1 amide bonds. The van der Waals surface area contributed by atoms with Gasteiger partial charge in [0.1, 0.15) is 24.2 Å². The van der Waals surface area contributed by atoms with Gasteiger partial charge in [-0.25, -0.2) is 9.38 Å². The van der Waals surface area contributed by atoms with Crippen LogP contribution in [0.25, 0.3) is 6.08 Å². The summed E-state index contributed by atoms with van der Waals surface area (Å²) in [4.78, 5) is 20.3. The molecule has 6 rings (SSSR count). The molecule has 2 unspecified atom stereocenters. The number of allylic oxidation sites excluding steroid dienone is 1. The van der Waals surface area contributed by atoms with Crippen LogP contribution < -0.4 is 10.2 Å². The van der Waals surface area contributed by atoms with Crippen molar-refractivity contribution in [3.05, 3.63) is 58.3 Å². The summed E-state index contributed by atoms with van der Waals surface area (Å²) in [6, 6.07) is 3.64. The molecular formula is C27H31FN4O2. The fourth-order valence-corrected chi connectivity index (χ4v) is 5.28. The molecule has 5 aliphatic rings. The zero-order valence-electron chi connectivity index (χ0n) is 19.8. The highest BCUT2D eigenvalue weighted by atomic mass is 19.1. The Labute approximate surface area is 199 Å². The lowest BCUT2D eigenvalue weighted by Crippen LogP contribution is -2.44. The van der Waals surface area contributed by atoms with Crippen molar-refractivity contribution in [3.63, 3.8) is 0 Å². The van der Waals surface area contributed by atoms with Crippen LogP contribution in [0.4, 0.5) is 4.39 Å². The molecule has 0 radical (unpaired) electrons. The number of hydrogen-bond acceptors (Lipinski definition) is 5. The Morgan fingerprint density at radius 2 is 2.03 bits per heavy atom. The highest BCUT2D eigenvalue weighted by Gasteiger charge is 2.40. The standard InChI is InChI=1S/C27H31FN4O2/c1-16-12-19-9-10-20(25(28)26(19)34-15-16)23-14-24-29-22(13-21(18-7-8-18)30-32(23)24)27(33)31-11-5-3-4-6-17(31)2/h9-10,12-14,17-18,23,30H,3-8,11,15H2,1-2H3. The lowest BCUT2D eigenvalue weighted by atomic mass is 9.97. The first-order valence-corrected chi connectivity index (χ1v) is 12.5. The topological polar surface area (TPSA) is 57.2 Å². The van der Waals surface area contributed by atoms with E-state index in [0.29, 0.717) is 35.4 Å². The molecule has 0 bridgehead atoms. The number of hydrogen-bond donors (Lipinski definition) is 1. The molecule has 2 fully saturated rings. The molecule has 1 aromatic rings. The van der Waals surface area contributed by atoms with Crippen molar-refractivity contribution in [2.75, 3.05) is 13.2 Å². The Morgan fingerprint density at radius 3 is 2.85 bits per heavy atom. The lowest BCUT2D eigenvalue weighted by Gasteiger charge is -2.40. The Bertz CT molecular complexity index is 1160. The number of ether oxygens (including phenoxy) is 1. The van der Waals surface area contributed by atoms with E-state index in [1.807, 2.05) is 47.2 Å². The summed E-state index contributed by atoms with van der Waals surface area (Å²) in [5, 5.41) is 1.89. The van der Waals surface area contributed by atoms with Crippen LogP contribution in [-0.2, 0) is 4.79 Å². The van der Waals surface area contributed by atoms with E-state index in [1.165, 1.54) is 0 Å². The van der Waals surface area contributed by atoms with E-state index in [1.54, 1.807) is 0 Å². The van der Waals surface area contributed by atoms with Crippen LogP contribution in [-0.4, -0.2) is 40.7 Å². The van der Waals surface area contributed by atoms with E-state index in [2.05, 4.69) is 12.3 Å². The second-order valence-corrected chi connectivity index (χ2v) is 10.2. The zero-order valence-corrected chi connectivity index (χ0v) is 19.8.